The van der Waals surface area contributed by atoms with Crippen LogP contribution in [0.5, 0.6) is 11.5 Å². The Morgan fingerprint density at radius 2 is 1.79 bits per heavy atom. The summed E-state index contributed by atoms with van der Waals surface area (Å²) in [6.07, 6.45) is 3.66. The van der Waals surface area contributed by atoms with Crippen LogP contribution in [0.1, 0.15) is 11.1 Å². The van der Waals surface area contributed by atoms with Gasteiger partial charge in [0, 0.05) is 18.1 Å². The van der Waals surface area contributed by atoms with Crippen LogP contribution in [0.25, 0.3) is 5.69 Å². The predicted molar refractivity (Wildman–Crippen MR) is 115 cm³/mol. The molecule has 0 aliphatic rings. The van der Waals surface area contributed by atoms with E-state index in [1.54, 1.807) is 13.3 Å². The Balaban J connectivity index is 1.44. The molecule has 1 heterocycles. The van der Waals surface area contributed by atoms with E-state index in [0.29, 0.717) is 18.9 Å². The van der Waals surface area contributed by atoms with E-state index < -0.39 is 0 Å². The molecule has 3 aromatic rings. The van der Waals surface area contributed by atoms with E-state index in [9.17, 15) is 4.79 Å². The molecule has 0 fully saturated rings. The SMILES string of the molecule is COc1ccc(OCCNC(=O)CSc2nccn2-c2cc(C)cc(C)c2)cc1. The third-order valence-corrected chi connectivity index (χ3v) is 5.14. The van der Waals surface area contributed by atoms with Crippen molar-refractivity contribution in [1.82, 2.24) is 14.9 Å². The number of thioether (sulfide) groups is 1. The summed E-state index contributed by atoms with van der Waals surface area (Å²) >= 11 is 1.41. The summed E-state index contributed by atoms with van der Waals surface area (Å²) in [7, 11) is 1.62. The molecule has 0 unspecified atom stereocenters. The predicted octanol–water partition coefficient (Wildman–Crippen LogP) is 3.79. The minimum atomic E-state index is -0.0525. The number of aryl methyl sites for hydroxylation is 2. The zero-order valence-electron chi connectivity index (χ0n) is 16.8. The maximum absolute atomic E-state index is 12.1. The minimum absolute atomic E-state index is 0.0525. The highest BCUT2D eigenvalue weighted by molar-refractivity contribution is 7.99. The standard InChI is InChI=1S/C22H25N3O3S/c1-16-12-17(2)14-18(13-16)25-10-8-24-22(25)29-15-21(26)23-9-11-28-20-6-4-19(27-3)5-7-20/h4-8,10,12-14H,9,11,15H2,1-3H3,(H,23,26). The van der Waals surface area contributed by atoms with Crippen molar-refractivity contribution in [3.05, 3.63) is 66.0 Å². The van der Waals surface area contributed by atoms with Crippen molar-refractivity contribution in [1.29, 1.82) is 0 Å². The highest BCUT2D eigenvalue weighted by Crippen LogP contribution is 2.22. The number of imidazole rings is 1. The molecule has 0 aliphatic heterocycles. The molecule has 0 radical (unpaired) electrons. The van der Waals surface area contributed by atoms with Gasteiger partial charge in [0.05, 0.1) is 19.4 Å². The van der Waals surface area contributed by atoms with Gasteiger partial charge in [0.2, 0.25) is 5.91 Å². The lowest BCUT2D eigenvalue weighted by Crippen LogP contribution is -2.29. The third-order valence-electron chi connectivity index (χ3n) is 4.18. The number of nitrogens with one attached hydrogen (secondary N) is 1. The summed E-state index contributed by atoms with van der Waals surface area (Å²) in [6.45, 7) is 4.99. The fourth-order valence-electron chi connectivity index (χ4n) is 2.90. The summed E-state index contributed by atoms with van der Waals surface area (Å²) in [5.74, 6) is 1.76. The number of carbonyl (C=O) groups is 1. The Hall–Kier alpha value is -2.93. The first-order chi connectivity index (χ1) is 14.0. The Bertz CT molecular complexity index is 934. The average molecular weight is 412 g/mol. The Labute approximate surface area is 175 Å². The molecule has 2 aromatic carbocycles. The van der Waals surface area contributed by atoms with Gasteiger partial charge >= 0.3 is 0 Å². The Kier molecular flexibility index (Phi) is 7.19. The van der Waals surface area contributed by atoms with Crippen molar-refractivity contribution in [2.24, 2.45) is 0 Å². The second-order valence-corrected chi connectivity index (χ2v) is 7.53. The van der Waals surface area contributed by atoms with Gasteiger partial charge in [-0.2, -0.15) is 0 Å². The number of benzene rings is 2. The molecule has 7 heteroatoms. The molecular formula is C22H25N3O3S. The number of hydrogen-bond donors (Lipinski definition) is 1. The van der Waals surface area contributed by atoms with Crippen molar-refractivity contribution >= 4 is 17.7 Å². The van der Waals surface area contributed by atoms with E-state index in [1.165, 1.54) is 22.9 Å². The first-order valence-corrected chi connectivity index (χ1v) is 10.3. The molecule has 1 aromatic heterocycles. The van der Waals surface area contributed by atoms with Gasteiger partial charge in [0.25, 0.3) is 0 Å². The van der Waals surface area contributed by atoms with Gasteiger partial charge in [0.1, 0.15) is 18.1 Å². The molecule has 1 N–H and O–H groups in total. The zero-order valence-corrected chi connectivity index (χ0v) is 17.7. The summed E-state index contributed by atoms with van der Waals surface area (Å²) in [5.41, 5.74) is 3.44. The van der Waals surface area contributed by atoms with E-state index in [0.717, 1.165) is 22.3 Å². The van der Waals surface area contributed by atoms with Crippen LogP contribution in [-0.2, 0) is 4.79 Å². The molecule has 3 rings (SSSR count). The molecule has 6 nitrogen and oxygen atoms in total. The number of nitrogens with zero attached hydrogens (tertiary/aromatic N) is 2. The molecule has 0 saturated carbocycles. The van der Waals surface area contributed by atoms with E-state index in [-0.39, 0.29) is 5.91 Å². The Morgan fingerprint density at radius 1 is 1.10 bits per heavy atom. The first kappa shape index (κ1) is 20.8. The lowest BCUT2D eigenvalue weighted by atomic mass is 10.1. The van der Waals surface area contributed by atoms with Gasteiger partial charge in [-0.15, -0.1) is 0 Å². The van der Waals surface area contributed by atoms with Crippen molar-refractivity contribution < 1.29 is 14.3 Å². The molecular weight excluding hydrogens is 386 g/mol. The average Bonchev–Trinajstić information content (AvgIpc) is 3.18. The molecule has 29 heavy (non-hydrogen) atoms. The summed E-state index contributed by atoms with van der Waals surface area (Å²) in [5, 5.41) is 3.66. The number of rotatable bonds is 9. The maximum atomic E-state index is 12.1. The van der Waals surface area contributed by atoms with Crippen LogP contribution in [0.2, 0.25) is 0 Å². The van der Waals surface area contributed by atoms with E-state index >= 15 is 0 Å². The lowest BCUT2D eigenvalue weighted by Gasteiger charge is -2.10. The van der Waals surface area contributed by atoms with Crippen molar-refractivity contribution in [2.75, 3.05) is 26.0 Å². The minimum Gasteiger partial charge on any atom is -0.497 e. The lowest BCUT2D eigenvalue weighted by molar-refractivity contribution is -0.118. The monoisotopic (exact) mass is 411 g/mol. The van der Waals surface area contributed by atoms with Crippen LogP contribution in [0, 0.1) is 13.8 Å². The van der Waals surface area contributed by atoms with Crippen LogP contribution < -0.4 is 14.8 Å². The smallest absolute Gasteiger partial charge is 0.230 e. The number of methoxy groups -OCH3 is 1. The zero-order chi connectivity index (χ0) is 20.6. The number of ether oxygens (including phenoxy) is 2. The van der Waals surface area contributed by atoms with E-state index in [4.69, 9.17) is 9.47 Å². The van der Waals surface area contributed by atoms with E-state index in [1.807, 2.05) is 35.0 Å². The van der Waals surface area contributed by atoms with Crippen LogP contribution >= 0.6 is 11.8 Å². The molecule has 0 saturated heterocycles. The van der Waals surface area contributed by atoms with Crippen LogP contribution in [0.3, 0.4) is 0 Å². The van der Waals surface area contributed by atoms with Crippen LogP contribution in [0.15, 0.2) is 60.0 Å². The van der Waals surface area contributed by atoms with Gasteiger partial charge in [-0.05, 0) is 61.4 Å². The summed E-state index contributed by atoms with van der Waals surface area (Å²) < 4.78 is 12.7. The molecule has 0 bridgehead atoms. The summed E-state index contributed by atoms with van der Waals surface area (Å²) in [6, 6.07) is 13.7. The highest BCUT2D eigenvalue weighted by Gasteiger charge is 2.09. The van der Waals surface area contributed by atoms with Gasteiger partial charge in [0.15, 0.2) is 5.16 Å². The first-order valence-electron chi connectivity index (χ1n) is 9.33. The third kappa shape index (κ3) is 6.02. The quantitative estimate of drug-likeness (QED) is 0.429. The molecule has 152 valence electrons. The van der Waals surface area contributed by atoms with Gasteiger partial charge in [-0.25, -0.2) is 4.98 Å². The second-order valence-electron chi connectivity index (χ2n) is 6.59. The van der Waals surface area contributed by atoms with Crippen molar-refractivity contribution in [3.8, 4) is 17.2 Å². The Morgan fingerprint density at radius 3 is 2.48 bits per heavy atom. The second kappa shape index (κ2) is 10.0. The number of aromatic nitrogens is 2. The van der Waals surface area contributed by atoms with Gasteiger partial charge in [-0.1, -0.05) is 17.8 Å². The highest BCUT2D eigenvalue weighted by atomic mass is 32.2. The topological polar surface area (TPSA) is 65.4 Å². The molecule has 0 aliphatic carbocycles. The van der Waals surface area contributed by atoms with Crippen molar-refractivity contribution in [3.63, 3.8) is 0 Å². The normalized spacial score (nSPS) is 10.6. The van der Waals surface area contributed by atoms with Crippen molar-refractivity contribution in [2.45, 2.75) is 19.0 Å². The van der Waals surface area contributed by atoms with Crippen LogP contribution in [-0.4, -0.2) is 41.5 Å². The van der Waals surface area contributed by atoms with Gasteiger partial charge in [-0.3, -0.25) is 9.36 Å². The molecule has 0 spiro atoms. The fraction of sp³-hybridized carbons (Fsp3) is 0.273. The number of carbonyl (C=O) groups excluding carboxylic acids is 1. The largest absolute Gasteiger partial charge is 0.497 e. The van der Waals surface area contributed by atoms with Crippen LogP contribution in [0.4, 0.5) is 0 Å². The summed E-state index contributed by atoms with van der Waals surface area (Å²) in [4.78, 5) is 16.5. The van der Waals surface area contributed by atoms with Gasteiger partial charge < -0.3 is 14.8 Å². The fourth-order valence-corrected chi connectivity index (χ4v) is 3.70. The number of hydrogen-bond acceptors (Lipinski definition) is 5. The van der Waals surface area contributed by atoms with E-state index in [2.05, 4.69) is 42.3 Å². The number of amides is 1. The maximum Gasteiger partial charge on any atom is 0.230 e. The molecule has 0 atom stereocenters. The molecule has 1 amide bonds.